The van der Waals surface area contributed by atoms with E-state index in [0.717, 1.165) is 37.1 Å². The number of ether oxygens (including phenoxy) is 1. The second kappa shape index (κ2) is 10.7. The molecule has 5 rings (SSSR count). The molecule has 10 nitrogen and oxygen atoms in total. The number of amides is 3. The first kappa shape index (κ1) is 24.4. The number of nitrogens with one attached hydrogen (secondary N) is 1. The third-order valence-electron chi connectivity index (χ3n) is 6.54. The van der Waals surface area contributed by atoms with E-state index in [4.69, 9.17) is 4.74 Å². The fourth-order valence-corrected chi connectivity index (χ4v) is 4.49. The van der Waals surface area contributed by atoms with Gasteiger partial charge in [-0.25, -0.2) is 4.99 Å². The van der Waals surface area contributed by atoms with Crippen molar-refractivity contribution in [1.82, 2.24) is 10.2 Å². The topological polar surface area (TPSA) is 116 Å². The zero-order valence-corrected chi connectivity index (χ0v) is 20.5. The Labute approximate surface area is 214 Å². The number of anilines is 1. The Morgan fingerprint density at radius 3 is 2.70 bits per heavy atom. The fraction of sp³-hybridized carbons (Fsp3) is 0.333. The van der Waals surface area contributed by atoms with Gasteiger partial charge in [-0.05, 0) is 42.2 Å². The molecule has 10 heteroatoms. The van der Waals surface area contributed by atoms with Gasteiger partial charge in [0.1, 0.15) is 18.4 Å². The Hall–Kier alpha value is -4.34. The second-order valence-electron chi connectivity index (χ2n) is 9.17. The molecular formula is C27H28N6O4. The van der Waals surface area contributed by atoms with Crippen LogP contribution in [0.4, 0.5) is 5.69 Å². The number of likely N-dealkylation sites (tertiary alicyclic amines) is 1. The van der Waals surface area contributed by atoms with Crippen molar-refractivity contribution in [2.24, 2.45) is 15.2 Å². The summed E-state index contributed by atoms with van der Waals surface area (Å²) in [6.07, 6.45) is 5.41. The number of carbonyl (C=O) groups is 3. The van der Waals surface area contributed by atoms with E-state index in [0.29, 0.717) is 17.9 Å². The molecule has 0 bridgehead atoms. The van der Waals surface area contributed by atoms with Crippen LogP contribution >= 0.6 is 0 Å². The molecular weight excluding hydrogens is 472 g/mol. The van der Waals surface area contributed by atoms with E-state index in [9.17, 15) is 14.4 Å². The summed E-state index contributed by atoms with van der Waals surface area (Å²) in [6, 6.07) is 14.2. The van der Waals surface area contributed by atoms with Crippen LogP contribution < -0.4 is 15.0 Å². The Kier molecular flexibility index (Phi) is 7.07. The number of azo groups is 1. The molecule has 3 aliphatic heterocycles. The van der Waals surface area contributed by atoms with Crippen LogP contribution in [0.3, 0.4) is 0 Å². The highest BCUT2D eigenvalue weighted by Crippen LogP contribution is 2.32. The minimum Gasteiger partial charge on any atom is -0.489 e. The molecule has 0 radical (unpaired) electrons. The maximum Gasteiger partial charge on any atom is 0.291 e. The number of likely N-dealkylation sites (N-methyl/N-ethyl adjacent to an activating group) is 1. The van der Waals surface area contributed by atoms with Gasteiger partial charge in [0.25, 0.3) is 11.8 Å². The van der Waals surface area contributed by atoms with Crippen molar-refractivity contribution in [3.05, 3.63) is 65.7 Å². The molecule has 1 N–H and O–H groups in total. The number of hydrogen-bond donors (Lipinski definition) is 1. The van der Waals surface area contributed by atoms with Crippen molar-refractivity contribution in [2.75, 3.05) is 31.6 Å². The molecule has 2 aromatic rings. The van der Waals surface area contributed by atoms with Crippen LogP contribution in [0.1, 0.15) is 24.0 Å². The third kappa shape index (κ3) is 5.58. The molecule has 1 fully saturated rings. The predicted molar refractivity (Wildman–Crippen MR) is 138 cm³/mol. The van der Waals surface area contributed by atoms with Gasteiger partial charge in [-0.2, -0.15) is 5.11 Å². The first-order valence-corrected chi connectivity index (χ1v) is 12.3. The Morgan fingerprint density at radius 2 is 1.92 bits per heavy atom. The van der Waals surface area contributed by atoms with Crippen LogP contribution in [0.2, 0.25) is 0 Å². The lowest BCUT2D eigenvalue weighted by molar-refractivity contribution is -0.125. The van der Waals surface area contributed by atoms with Gasteiger partial charge in [-0.3, -0.25) is 14.4 Å². The van der Waals surface area contributed by atoms with E-state index >= 15 is 0 Å². The molecule has 0 aromatic heterocycles. The van der Waals surface area contributed by atoms with Crippen LogP contribution in [0.5, 0.6) is 5.75 Å². The maximum absolute atomic E-state index is 13.2. The smallest absolute Gasteiger partial charge is 0.291 e. The molecule has 3 heterocycles. The molecule has 1 saturated heterocycles. The summed E-state index contributed by atoms with van der Waals surface area (Å²) in [5.41, 5.74) is 2.36. The number of aliphatic imine (C=N–C) groups is 1. The standard InChI is InChI=1S/C27H28N6O4/c1-32-21-15-19(10-12-24(34)33-13-5-6-14-33)9-11-22(21)37-17-20(27(32)36)28-26(35)25-29-23(30-31-25)16-18-7-3-2-4-8-18/h2-4,7-12,15,20,23H,5-6,13-14,16-17H2,1H3,(H,28,35)/b12-10+/t20-,23?/m0/s1. The SMILES string of the molecule is CN1C(=O)[C@@H](NC(=O)C2=NC(Cc3ccccc3)N=N2)COc2ccc(/C=C/C(=O)N3CCCC3)cc21. The van der Waals surface area contributed by atoms with Crippen LogP contribution in [-0.2, 0) is 20.8 Å². The first-order valence-electron chi connectivity index (χ1n) is 12.3. The van der Waals surface area contributed by atoms with E-state index in [1.807, 2.05) is 41.3 Å². The van der Waals surface area contributed by atoms with Crippen molar-refractivity contribution in [1.29, 1.82) is 0 Å². The largest absolute Gasteiger partial charge is 0.489 e. The lowest BCUT2D eigenvalue weighted by atomic mass is 10.1. The lowest BCUT2D eigenvalue weighted by Crippen LogP contribution is -2.50. The highest BCUT2D eigenvalue weighted by Gasteiger charge is 2.32. The van der Waals surface area contributed by atoms with Crippen LogP contribution in [0, 0.1) is 0 Å². The molecule has 1 unspecified atom stereocenters. The van der Waals surface area contributed by atoms with Gasteiger partial charge >= 0.3 is 0 Å². The van der Waals surface area contributed by atoms with Gasteiger partial charge in [-0.15, -0.1) is 5.11 Å². The summed E-state index contributed by atoms with van der Waals surface area (Å²) in [7, 11) is 1.63. The van der Waals surface area contributed by atoms with Gasteiger partial charge in [0.05, 0.1) is 5.69 Å². The van der Waals surface area contributed by atoms with E-state index in [1.54, 1.807) is 31.3 Å². The van der Waals surface area contributed by atoms with E-state index in [2.05, 4.69) is 20.5 Å². The Morgan fingerprint density at radius 1 is 1.14 bits per heavy atom. The van der Waals surface area contributed by atoms with Crippen molar-refractivity contribution >= 4 is 35.3 Å². The third-order valence-corrected chi connectivity index (χ3v) is 6.54. The van der Waals surface area contributed by atoms with Gasteiger partial charge in [0, 0.05) is 32.6 Å². The molecule has 0 saturated carbocycles. The van der Waals surface area contributed by atoms with Crippen molar-refractivity contribution in [3.63, 3.8) is 0 Å². The summed E-state index contributed by atoms with van der Waals surface area (Å²) in [4.78, 5) is 45.9. The minimum atomic E-state index is -0.924. The van der Waals surface area contributed by atoms with E-state index in [1.165, 1.54) is 4.90 Å². The zero-order valence-electron chi connectivity index (χ0n) is 20.5. The van der Waals surface area contributed by atoms with Gasteiger partial charge < -0.3 is 19.9 Å². The zero-order chi connectivity index (χ0) is 25.8. The minimum absolute atomic E-state index is 0.0196. The number of fused-ring (bicyclic) bond motifs is 1. The number of nitrogens with zero attached hydrogens (tertiary/aromatic N) is 5. The second-order valence-corrected chi connectivity index (χ2v) is 9.17. The number of hydrogen-bond acceptors (Lipinski definition) is 7. The highest BCUT2D eigenvalue weighted by atomic mass is 16.5. The van der Waals surface area contributed by atoms with Gasteiger partial charge in [-0.1, -0.05) is 36.4 Å². The fourth-order valence-electron chi connectivity index (χ4n) is 4.49. The summed E-state index contributed by atoms with van der Waals surface area (Å²) < 4.78 is 5.86. The monoisotopic (exact) mass is 500 g/mol. The number of carbonyl (C=O) groups excluding carboxylic acids is 3. The van der Waals surface area contributed by atoms with Crippen LogP contribution in [0.25, 0.3) is 6.08 Å². The Bertz CT molecular complexity index is 1280. The highest BCUT2D eigenvalue weighted by molar-refractivity contribution is 6.38. The maximum atomic E-state index is 13.2. The molecule has 0 spiro atoms. The molecule has 0 aliphatic carbocycles. The number of rotatable bonds is 6. The lowest BCUT2D eigenvalue weighted by Gasteiger charge is -2.20. The average molecular weight is 501 g/mol. The average Bonchev–Trinajstić information content (AvgIpc) is 3.61. The van der Waals surface area contributed by atoms with E-state index in [-0.39, 0.29) is 24.3 Å². The molecule has 2 aromatic carbocycles. The van der Waals surface area contributed by atoms with Crippen molar-refractivity contribution in [3.8, 4) is 5.75 Å². The van der Waals surface area contributed by atoms with Crippen LogP contribution in [-0.4, -0.2) is 67.4 Å². The van der Waals surface area contributed by atoms with E-state index < -0.39 is 18.1 Å². The first-order chi connectivity index (χ1) is 18.0. The normalized spacial score (nSPS) is 21.0. The van der Waals surface area contributed by atoms with Crippen LogP contribution in [0.15, 0.2) is 69.8 Å². The predicted octanol–water partition coefficient (Wildman–Crippen LogP) is 2.60. The molecule has 190 valence electrons. The quantitative estimate of drug-likeness (QED) is 0.614. The molecule has 3 aliphatic rings. The summed E-state index contributed by atoms with van der Waals surface area (Å²) in [5, 5.41) is 10.7. The summed E-state index contributed by atoms with van der Waals surface area (Å²) >= 11 is 0. The Balaban J connectivity index is 1.23. The molecule has 3 amide bonds. The summed E-state index contributed by atoms with van der Waals surface area (Å²) in [6.45, 7) is 1.53. The van der Waals surface area contributed by atoms with Gasteiger partial charge in [0.15, 0.2) is 6.17 Å². The summed E-state index contributed by atoms with van der Waals surface area (Å²) in [5.74, 6) is -0.485. The number of benzene rings is 2. The van der Waals surface area contributed by atoms with Crippen molar-refractivity contribution < 1.29 is 19.1 Å². The van der Waals surface area contributed by atoms with Crippen molar-refractivity contribution in [2.45, 2.75) is 31.5 Å². The molecule has 2 atom stereocenters. The molecule has 37 heavy (non-hydrogen) atoms. The van der Waals surface area contributed by atoms with Gasteiger partial charge in [0.2, 0.25) is 11.7 Å². The number of amidine groups is 1.